The lowest BCUT2D eigenvalue weighted by molar-refractivity contribution is -0.139. The van der Waals surface area contributed by atoms with Gasteiger partial charge in [0.1, 0.15) is 6.04 Å². The Labute approximate surface area is 128 Å². The topological polar surface area (TPSA) is 78.4 Å². The quantitative estimate of drug-likeness (QED) is 0.754. The minimum atomic E-state index is -1.01. The fourth-order valence-corrected chi connectivity index (χ4v) is 2.94. The summed E-state index contributed by atoms with van der Waals surface area (Å²) in [4.78, 5) is 23.0. The molecule has 1 aliphatic carbocycles. The highest BCUT2D eigenvalue weighted by Gasteiger charge is 2.19. The first-order valence-electron chi connectivity index (χ1n) is 7.01. The van der Waals surface area contributed by atoms with Gasteiger partial charge in [-0.3, -0.25) is 0 Å². The van der Waals surface area contributed by atoms with E-state index in [0.717, 1.165) is 19.3 Å². The molecule has 0 spiro atoms. The summed E-state index contributed by atoms with van der Waals surface area (Å²) in [6.45, 7) is 0. The fourth-order valence-electron chi connectivity index (χ4n) is 2.47. The van der Waals surface area contributed by atoms with Gasteiger partial charge in [-0.1, -0.05) is 6.07 Å². The molecule has 114 valence electrons. The summed E-state index contributed by atoms with van der Waals surface area (Å²) in [5, 5.41) is 14.3. The van der Waals surface area contributed by atoms with E-state index in [1.165, 1.54) is 11.1 Å². The van der Waals surface area contributed by atoms with Gasteiger partial charge in [0.05, 0.1) is 0 Å². The molecule has 1 aromatic rings. The Kier molecular flexibility index (Phi) is 5.50. The number of anilines is 1. The Morgan fingerprint density at radius 1 is 1.33 bits per heavy atom. The van der Waals surface area contributed by atoms with Crippen molar-refractivity contribution >= 4 is 29.4 Å². The van der Waals surface area contributed by atoms with Crippen molar-refractivity contribution in [2.24, 2.45) is 0 Å². The van der Waals surface area contributed by atoms with E-state index in [0.29, 0.717) is 17.9 Å². The fraction of sp³-hybridized carbons (Fsp3) is 0.467. The number of rotatable bonds is 6. The zero-order valence-electron chi connectivity index (χ0n) is 12.0. The van der Waals surface area contributed by atoms with E-state index in [1.807, 2.05) is 24.5 Å². The zero-order chi connectivity index (χ0) is 15.2. The first-order valence-corrected chi connectivity index (χ1v) is 8.40. The second-order valence-corrected chi connectivity index (χ2v) is 6.09. The number of hydrogen-bond acceptors (Lipinski definition) is 3. The molecular weight excluding hydrogens is 288 g/mol. The molecule has 3 N–H and O–H groups in total. The number of carbonyl (C=O) groups excluding carboxylic acids is 1. The largest absolute Gasteiger partial charge is 0.480 e. The Morgan fingerprint density at radius 3 is 2.81 bits per heavy atom. The number of carbonyl (C=O) groups is 2. The van der Waals surface area contributed by atoms with Gasteiger partial charge in [0.2, 0.25) is 0 Å². The van der Waals surface area contributed by atoms with Crippen molar-refractivity contribution < 1.29 is 14.7 Å². The molecule has 0 aromatic heterocycles. The molecule has 1 aromatic carbocycles. The first kappa shape index (κ1) is 15.7. The molecule has 0 saturated carbocycles. The van der Waals surface area contributed by atoms with Crippen molar-refractivity contribution in [1.82, 2.24) is 5.32 Å². The zero-order valence-corrected chi connectivity index (χ0v) is 12.8. The predicted molar refractivity (Wildman–Crippen MR) is 85.0 cm³/mol. The number of hydrogen-bond donors (Lipinski definition) is 3. The number of benzene rings is 1. The maximum absolute atomic E-state index is 11.9. The lowest BCUT2D eigenvalue weighted by atomic mass is 10.1. The van der Waals surface area contributed by atoms with Crippen LogP contribution in [0.2, 0.25) is 0 Å². The van der Waals surface area contributed by atoms with Crippen molar-refractivity contribution in [2.75, 3.05) is 17.3 Å². The lowest BCUT2D eigenvalue weighted by Gasteiger charge is -2.15. The van der Waals surface area contributed by atoms with Gasteiger partial charge in [-0.15, -0.1) is 0 Å². The van der Waals surface area contributed by atoms with Gasteiger partial charge in [-0.2, -0.15) is 11.8 Å². The molecule has 2 rings (SSSR count). The van der Waals surface area contributed by atoms with Crippen molar-refractivity contribution in [2.45, 2.75) is 31.7 Å². The van der Waals surface area contributed by atoms with Gasteiger partial charge in [-0.25, -0.2) is 9.59 Å². The summed E-state index contributed by atoms with van der Waals surface area (Å²) < 4.78 is 0. The number of carboxylic acid groups (broad SMARTS) is 1. The van der Waals surface area contributed by atoms with Crippen LogP contribution >= 0.6 is 11.8 Å². The molecule has 5 nitrogen and oxygen atoms in total. The standard InChI is InChI=1S/C15H20N2O3S/c1-21-8-7-13(14(18)19)17-15(20)16-12-6-5-10-3-2-4-11(10)9-12/h5-6,9,13H,2-4,7-8H2,1H3,(H,18,19)(H2,16,17,20)/t13-/m0/s1. The second kappa shape index (κ2) is 7.36. The van der Waals surface area contributed by atoms with Gasteiger partial charge < -0.3 is 15.7 Å². The number of nitrogens with one attached hydrogen (secondary N) is 2. The molecule has 21 heavy (non-hydrogen) atoms. The van der Waals surface area contributed by atoms with Gasteiger partial charge in [0.25, 0.3) is 0 Å². The molecule has 2 amide bonds. The summed E-state index contributed by atoms with van der Waals surface area (Å²) in [7, 11) is 0. The molecule has 0 saturated heterocycles. The van der Waals surface area contributed by atoms with Crippen molar-refractivity contribution in [1.29, 1.82) is 0 Å². The molecule has 1 atom stereocenters. The average molecular weight is 308 g/mol. The molecule has 0 fully saturated rings. The van der Waals surface area contributed by atoms with Crippen molar-refractivity contribution in [3.63, 3.8) is 0 Å². The SMILES string of the molecule is CSCC[C@H](NC(=O)Nc1ccc2c(c1)CCC2)C(=O)O. The third-order valence-corrected chi connectivity index (χ3v) is 4.21. The summed E-state index contributed by atoms with van der Waals surface area (Å²) in [5.41, 5.74) is 3.32. The van der Waals surface area contributed by atoms with Gasteiger partial charge >= 0.3 is 12.0 Å². The minimum Gasteiger partial charge on any atom is -0.480 e. The van der Waals surface area contributed by atoms with E-state index in [2.05, 4.69) is 10.6 Å². The van der Waals surface area contributed by atoms with Gasteiger partial charge in [0, 0.05) is 5.69 Å². The van der Waals surface area contributed by atoms with E-state index >= 15 is 0 Å². The van der Waals surface area contributed by atoms with Crippen LogP contribution in [0.25, 0.3) is 0 Å². The van der Waals surface area contributed by atoms with Crippen molar-refractivity contribution in [3.8, 4) is 0 Å². The molecule has 6 heteroatoms. The third kappa shape index (κ3) is 4.39. The van der Waals surface area contributed by atoms with Crippen LogP contribution in [0.15, 0.2) is 18.2 Å². The van der Waals surface area contributed by atoms with E-state index in [1.54, 1.807) is 11.8 Å². The highest BCUT2D eigenvalue weighted by Crippen LogP contribution is 2.24. The smallest absolute Gasteiger partial charge is 0.326 e. The van der Waals surface area contributed by atoms with E-state index in [4.69, 9.17) is 5.11 Å². The Morgan fingerprint density at radius 2 is 2.10 bits per heavy atom. The first-order chi connectivity index (χ1) is 10.1. The van der Waals surface area contributed by atoms with Crippen LogP contribution in [0, 0.1) is 0 Å². The van der Waals surface area contributed by atoms with Crippen LogP contribution in [-0.2, 0) is 17.6 Å². The number of fused-ring (bicyclic) bond motifs is 1. The lowest BCUT2D eigenvalue weighted by Crippen LogP contribution is -2.43. The average Bonchev–Trinajstić information content (AvgIpc) is 2.90. The van der Waals surface area contributed by atoms with Crippen LogP contribution in [0.4, 0.5) is 10.5 Å². The number of urea groups is 1. The predicted octanol–water partition coefficient (Wildman–Crippen LogP) is 2.50. The highest BCUT2D eigenvalue weighted by atomic mass is 32.2. The molecule has 0 radical (unpaired) electrons. The second-order valence-electron chi connectivity index (χ2n) is 5.11. The summed E-state index contributed by atoms with van der Waals surface area (Å²) in [6.07, 6.45) is 5.61. The maximum atomic E-state index is 11.9. The number of aryl methyl sites for hydroxylation is 2. The minimum absolute atomic E-state index is 0.411. The molecular formula is C15H20N2O3S. The Balaban J connectivity index is 1.92. The van der Waals surface area contributed by atoms with E-state index < -0.39 is 18.0 Å². The molecule has 0 unspecified atom stereocenters. The molecule has 0 aliphatic heterocycles. The van der Waals surface area contributed by atoms with Crippen LogP contribution in [0.1, 0.15) is 24.0 Å². The highest BCUT2D eigenvalue weighted by molar-refractivity contribution is 7.98. The Bertz CT molecular complexity index is 534. The van der Waals surface area contributed by atoms with Crippen LogP contribution in [-0.4, -0.2) is 35.2 Å². The van der Waals surface area contributed by atoms with Crippen LogP contribution in [0.5, 0.6) is 0 Å². The summed E-state index contributed by atoms with van der Waals surface area (Å²) in [6, 6.07) is 4.54. The van der Waals surface area contributed by atoms with Crippen LogP contribution in [0.3, 0.4) is 0 Å². The van der Waals surface area contributed by atoms with Gasteiger partial charge in [0.15, 0.2) is 0 Å². The number of carboxylic acids is 1. The van der Waals surface area contributed by atoms with E-state index in [9.17, 15) is 9.59 Å². The Hall–Kier alpha value is -1.69. The molecule has 1 aliphatic rings. The van der Waals surface area contributed by atoms with Gasteiger partial charge in [-0.05, 0) is 61.0 Å². The summed E-state index contributed by atoms with van der Waals surface area (Å²) >= 11 is 1.56. The number of thioether (sulfide) groups is 1. The summed E-state index contributed by atoms with van der Waals surface area (Å²) in [5.74, 6) is -0.316. The van der Waals surface area contributed by atoms with E-state index in [-0.39, 0.29) is 0 Å². The normalized spacial score (nSPS) is 14.3. The number of aliphatic carboxylic acids is 1. The molecule has 0 bridgehead atoms. The molecule has 0 heterocycles. The van der Waals surface area contributed by atoms with Crippen LogP contribution < -0.4 is 10.6 Å². The monoisotopic (exact) mass is 308 g/mol. The van der Waals surface area contributed by atoms with Crippen molar-refractivity contribution in [3.05, 3.63) is 29.3 Å². The number of amides is 2. The maximum Gasteiger partial charge on any atom is 0.326 e. The third-order valence-electron chi connectivity index (χ3n) is 3.57.